The molecule has 0 fully saturated rings. The van der Waals surface area contributed by atoms with Gasteiger partial charge in [0.2, 0.25) is 0 Å². The third-order valence-corrected chi connectivity index (χ3v) is 1.90. The number of aliphatic imine (C=N–C) groups is 1. The average molecular weight is 196 g/mol. The van der Waals surface area contributed by atoms with Crippen molar-refractivity contribution in [1.29, 1.82) is 0 Å². The zero-order valence-corrected chi connectivity index (χ0v) is 10.4. The van der Waals surface area contributed by atoms with E-state index in [0.29, 0.717) is 0 Å². The van der Waals surface area contributed by atoms with Crippen LogP contribution < -0.4 is 5.32 Å². The van der Waals surface area contributed by atoms with E-state index in [1.54, 1.807) is 13.2 Å². The summed E-state index contributed by atoms with van der Waals surface area (Å²) in [5, 5.41) is 3.10. The van der Waals surface area contributed by atoms with Gasteiger partial charge in [-0.15, -0.1) is 0 Å². The highest BCUT2D eigenvalue weighted by molar-refractivity contribution is 5.98. The first-order valence-electron chi connectivity index (χ1n) is 5.18. The summed E-state index contributed by atoms with van der Waals surface area (Å²) in [7, 11) is 1.79. The van der Waals surface area contributed by atoms with Gasteiger partial charge in [0, 0.05) is 7.05 Å². The summed E-state index contributed by atoms with van der Waals surface area (Å²) in [5.74, 6) is 0. The summed E-state index contributed by atoms with van der Waals surface area (Å²) >= 11 is 0. The largest absolute Gasteiger partial charge is 0.361 e. The molecule has 0 aliphatic heterocycles. The molecule has 2 nitrogen and oxygen atoms in total. The zero-order chi connectivity index (χ0) is 11.6. The van der Waals surface area contributed by atoms with E-state index in [9.17, 15) is 0 Å². The number of allylic oxidation sites excluding steroid dienone is 2. The molecule has 82 valence electrons. The number of nitrogens with zero attached hydrogens (tertiary/aromatic N) is 1. The molecular weight excluding hydrogens is 172 g/mol. The van der Waals surface area contributed by atoms with E-state index in [1.807, 2.05) is 20.8 Å². The molecule has 0 aliphatic carbocycles. The van der Waals surface area contributed by atoms with Crippen LogP contribution in [0.5, 0.6) is 0 Å². The Morgan fingerprint density at radius 2 is 1.86 bits per heavy atom. The van der Waals surface area contributed by atoms with Crippen LogP contribution >= 0.6 is 0 Å². The number of hydrogen-bond acceptors (Lipinski definition) is 2. The van der Waals surface area contributed by atoms with Crippen molar-refractivity contribution >= 4 is 5.71 Å². The maximum Gasteiger partial charge on any atom is 0.0579 e. The van der Waals surface area contributed by atoms with E-state index < -0.39 is 0 Å². The molecule has 0 atom stereocenters. The van der Waals surface area contributed by atoms with E-state index in [-0.39, 0.29) is 0 Å². The van der Waals surface area contributed by atoms with Crippen LogP contribution in [0, 0.1) is 0 Å². The quantitative estimate of drug-likeness (QED) is 0.683. The van der Waals surface area contributed by atoms with Gasteiger partial charge in [0.25, 0.3) is 0 Å². The Morgan fingerprint density at radius 3 is 2.14 bits per heavy atom. The van der Waals surface area contributed by atoms with Gasteiger partial charge in [-0.1, -0.05) is 27.4 Å². The predicted octanol–water partition coefficient (Wildman–Crippen LogP) is 3.52. The van der Waals surface area contributed by atoms with Crippen molar-refractivity contribution in [2.75, 3.05) is 7.05 Å². The van der Waals surface area contributed by atoms with Gasteiger partial charge >= 0.3 is 0 Å². The van der Waals surface area contributed by atoms with Gasteiger partial charge in [0.15, 0.2) is 0 Å². The molecule has 0 aliphatic rings. The fourth-order valence-electron chi connectivity index (χ4n) is 0.927. The van der Waals surface area contributed by atoms with Gasteiger partial charge in [-0.3, -0.25) is 4.99 Å². The molecule has 0 aromatic rings. The van der Waals surface area contributed by atoms with Crippen LogP contribution in [0.1, 0.15) is 41.0 Å². The molecule has 0 saturated carbocycles. The Bertz CT molecular complexity index is 212. The minimum absolute atomic E-state index is 1.02. The second-order valence-electron chi connectivity index (χ2n) is 2.67. The summed E-state index contributed by atoms with van der Waals surface area (Å²) in [6.45, 7) is 13.9. The van der Waals surface area contributed by atoms with Gasteiger partial charge in [-0.2, -0.15) is 0 Å². The van der Waals surface area contributed by atoms with Crippen LogP contribution in [0.15, 0.2) is 29.0 Å². The Balaban J connectivity index is 0. The topological polar surface area (TPSA) is 24.4 Å². The molecule has 0 unspecified atom stereocenters. The summed E-state index contributed by atoms with van der Waals surface area (Å²) < 4.78 is 0. The molecule has 2 heteroatoms. The van der Waals surface area contributed by atoms with Gasteiger partial charge in [-0.25, -0.2) is 0 Å². The Kier molecular flexibility index (Phi) is 11.1. The van der Waals surface area contributed by atoms with Crippen molar-refractivity contribution in [3.8, 4) is 0 Å². The first kappa shape index (κ1) is 15.4. The standard InChI is InChI=1S/C10H18N2.C2H6/c1-6-8(3)10(12-7-2)9(4)11-5;1-2/h7,12H,2,6H2,1,3-5H3;1-2H3/b10-8+,11-9?;. The highest BCUT2D eigenvalue weighted by Crippen LogP contribution is 2.06. The fourth-order valence-corrected chi connectivity index (χ4v) is 0.927. The lowest BCUT2D eigenvalue weighted by atomic mass is 10.1. The Hall–Kier alpha value is -1.05. The maximum atomic E-state index is 4.12. The molecule has 0 radical (unpaired) electrons. The van der Waals surface area contributed by atoms with Crippen LogP contribution in [-0.4, -0.2) is 12.8 Å². The maximum absolute atomic E-state index is 4.12. The first-order valence-corrected chi connectivity index (χ1v) is 5.18. The lowest BCUT2D eigenvalue weighted by Crippen LogP contribution is -2.14. The van der Waals surface area contributed by atoms with Crippen molar-refractivity contribution in [1.82, 2.24) is 5.32 Å². The van der Waals surface area contributed by atoms with Crippen molar-refractivity contribution in [2.45, 2.75) is 41.0 Å². The van der Waals surface area contributed by atoms with Gasteiger partial charge in [-0.05, 0) is 32.0 Å². The first-order chi connectivity index (χ1) is 6.67. The second kappa shape index (κ2) is 10.0. The number of rotatable bonds is 4. The highest BCUT2D eigenvalue weighted by Gasteiger charge is 2.01. The third-order valence-electron chi connectivity index (χ3n) is 1.90. The van der Waals surface area contributed by atoms with Crippen LogP contribution in [0.2, 0.25) is 0 Å². The summed E-state index contributed by atoms with van der Waals surface area (Å²) in [6, 6.07) is 0. The van der Waals surface area contributed by atoms with E-state index in [2.05, 4.69) is 30.7 Å². The molecule has 0 heterocycles. The SMILES string of the molecule is C=CN/C(C(C)=NC)=C(\C)CC.CC. The summed E-state index contributed by atoms with van der Waals surface area (Å²) in [6.07, 6.45) is 2.71. The predicted molar refractivity (Wildman–Crippen MR) is 66.7 cm³/mol. The molecule has 0 bridgehead atoms. The van der Waals surface area contributed by atoms with Crippen LogP contribution in [0.4, 0.5) is 0 Å². The smallest absolute Gasteiger partial charge is 0.0579 e. The molecular formula is C12H24N2. The minimum atomic E-state index is 1.02. The lowest BCUT2D eigenvalue weighted by molar-refractivity contribution is 1.01. The van der Waals surface area contributed by atoms with E-state index >= 15 is 0 Å². The molecule has 0 aromatic carbocycles. The molecule has 0 amide bonds. The van der Waals surface area contributed by atoms with Crippen LogP contribution in [0.3, 0.4) is 0 Å². The molecule has 0 aromatic heterocycles. The van der Waals surface area contributed by atoms with Gasteiger partial charge in [0.1, 0.15) is 0 Å². The van der Waals surface area contributed by atoms with Crippen molar-refractivity contribution in [2.24, 2.45) is 4.99 Å². The van der Waals surface area contributed by atoms with E-state index in [1.165, 1.54) is 5.57 Å². The van der Waals surface area contributed by atoms with Crippen molar-refractivity contribution in [3.63, 3.8) is 0 Å². The van der Waals surface area contributed by atoms with E-state index in [0.717, 1.165) is 17.8 Å². The molecule has 1 N–H and O–H groups in total. The summed E-state index contributed by atoms with van der Waals surface area (Å²) in [5.41, 5.74) is 3.42. The van der Waals surface area contributed by atoms with Gasteiger partial charge in [0.05, 0.1) is 11.4 Å². The summed E-state index contributed by atoms with van der Waals surface area (Å²) in [4.78, 5) is 4.12. The zero-order valence-electron chi connectivity index (χ0n) is 10.4. The third kappa shape index (κ3) is 5.57. The van der Waals surface area contributed by atoms with Crippen molar-refractivity contribution < 1.29 is 0 Å². The van der Waals surface area contributed by atoms with E-state index in [4.69, 9.17) is 0 Å². The lowest BCUT2D eigenvalue weighted by Gasteiger charge is -2.09. The molecule has 0 rings (SSSR count). The van der Waals surface area contributed by atoms with Gasteiger partial charge < -0.3 is 5.32 Å². The number of nitrogens with one attached hydrogen (secondary N) is 1. The molecule has 0 saturated heterocycles. The van der Waals surface area contributed by atoms with Crippen molar-refractivity contribution in [3.05, 3.63) is 24.0 Å². The van der Waals surface area contributed by atoms with Crippen LogP contribution in [-0.2, 0) is 0 Å². The fraction of sp³-hybridized carbons (Fsp3) is 0.583. The number of hydrogen-bond donors (Lipinski definition) is 1. The normalized spacial score (nSPS) is 12.3. The monoisotopic (exact) mass is 196 g/mol. The Morgan fingerprint density at radius 1 is 1.36 bits per heavy atom. The average Bonchev–Trinajstić information content (AvgIpc) is 2.26. The van der Waals surface area contributed by atoms with Crippen LogP contribution in [0.25, 0.3) is 0 Å². The highest BCUT2D eigenvalue weighted by atomic mass is 14.9. The molecule has 14 heavy (non-hydrogen) atoms. The Labute approximate surface area is 88.8 Å². The second-order valence-corrected chi connectivity index (χ2v) is 2.67. The minimum Gasteiger partial charge on any atom is -0.361 e. The molecule has 0 spiro atoms.